The van der Waals surface area contributed by atoms with E-state index in [1.165, 1.54) is 6.08 Å². The molecule has 2 rings (SSSR count). The predicted molar refractivity (Wildman–Crippen MR) is 96.6 cm³/mol. The molecule has 0 spiro atoms. The molecule has 0 saturated heterocycles. The largest absolute Gasteiger partial charge is 0.497 e. The van der Waals surface area contributed by atoms with Crippen molar-refractivity contribution in [3.8, 4) is 11.5 Å². The minimum atomic E-state index is -0.181. The molecule has 2 aromatic carbocycles. The highest BCUT2D eigenvalue weighted by molar-refractivity contribution is 6.30. The zero-order chi connectivity index (χ0) is 17.5. The number of rotatable bonds is 6. The first-order valence-electron chi connectivity index (χ1n) is 7.49. The molecule has 5 heteroatoms. The first-order valence-corrected chi connectivity index (χ1v) is 7.86. The van der Waals surface area contributed by atoms with E-state index in [9.17, 15) is 4.79 Å². The monoisotopic (exact) mass is 345 g/mol. The van der Waals surface area contributed by atoms with Crippen molar-refractivity contribution >= 4 is 23.6 Å². The van der Waals surface area contributed by atoms with E-state index < -0.39 is 0 Å². The first kappa shape index (κ1) is 17.9. The number of methoxy groups -OCH3 is 2. The van der Waals surface area contributed by atoms with Crippen molar-refractivity contribution in [2.75, 3.05) is 14.2 Å². The summed E-state index contributed by atoms with van der Waals surface area (Å²) in [4.78, 5) is 12.1. The molecule has 0 aliphatic carbocycles. The van der Waals surface area contributed by atoms with Crippen LogP contribution in [0.5, 0.6) is 11.5 Å². The fraction of sp³-hybridized carbons (Fsp3) is 0.211. The second kappa shape index (κ2) is 8.41. The summed E-state index contributed by atoms with van der Waals surface area (Å²) >= 11 is 5.87. The number of benzene rings is 2. The van der Waals surface area contributed by atoms with Gasteiger partial charge in [-0.25, -0.2) is 0 Å². The van der Waals surface area contributed by atoms with Gasteiger partial charge < -0.3 is 14.8 Å². The lowest BCUT2D eigenvalue weighted by molar-refractivity contribution is -0.117. The molecule has 4 nitrogen and oxygen atoms in total. The van der Waals surface area contributed by atoms with Crippen molar-refractivity contribution < 1.29 is 14.3 Å². The molecule has 0 aliphatic rings. The van der Waals surface area contributed by atoms with Gasteiger partial charge in [0.2, 0.25) is 5.91 Å². The summed E-state index contributed by atoms with van der Waals surface area (Å²) in [7, 11) is 3.17. The maximum absolute atomic E-state index is 12.1. The lowest BCUT2D eigenvalue weighted by Crippen LogP contribution is -2.24. The molecular formula is C19H20ClNO3. The topological polar surface area (TPSA) is 47.6 Å². The number of amides is 1. The van der Waals surface area contributed by atoms with Crippen molar-refractivity contribution in [2.24, 2.45) is 0 Å². The molecule has 0 radical (unpaired) electrons. The second-order valence-corrected chi connectivity index (χ2v) is 5.70. The van der Waals surface area contributed by atoms with Crippen molar-refractivity contribution in [2.45, 2.75) is 13.0 Å². The molecule has 0 heterocycles. The van der Waals surface area contributed by atoms with Gasteiger partial charge in [-0.1, -0.05) is 23.7 Å². The number of ether oxygens (including phenoxy) is 2. The van der Waals surface area contributed by atoms with E-state index in [-0.39, 0.29) is 11.9 Å². The van der Waals surface area contributed by atoms with Gasteiger partial charge in [-0.3, -0.25) is 4.79 Å². The third-order valence-electron chi connectivity index (χ3n) is 3.53. The highest BCUT2D eigenvalue weighted by Crippen LogP contribution is 2.23. The molecule has 126 valence electrons. The summed E-state index contributed by atoms with van der Waals surface area (Å²) in [5, 5.41) is 3.58. The van der Waals surface area contributed by atoms with Crippen LogP contribution in [0.3, 0.4) is 0 Å². The van der Waals surface area contributed by atoms with Crippen LogP contribution in [0.15, 0.2) is 48.5 Å². The summed E-state index contributed by atoms with van der Waals surface area (Å²) in [6.45, 7) is 1.92. The molecule has 0 fully saturated rings. The zero-order valence-corrected chi connectivity index (χ0v) is 14.6. The van der Waals surface area contributed by atoms with Crippen LogP contribution in [-0.2, 0) is 4.79 Å². The average Bonchev–Trinajstić information content (AvgIpc) is 2.60. The smallest absolute Gasteiger partial charge is 0.244 e. The van der Waals surface area contributed by atoms with Gasteiger partial charge in [0.05, 0.1) is 20.3 Å². The Hall–Kier alpha value is -2.46. The van der Waals surface area contributed by atoms with E-state index in [0.717, 1.165) is 11.1 Å². The van der Waals surface area contributed by atoms with Crippen LogP contribution in [0.25, 0.3) is 6.08 Å². The Kier molecular flexibility index (Phi) is 6.27. The van der Waals surface area contributed by atoms with Crippen molar-refractivity contribution in [3.63, 3.8) is 0 Å². The SMILES string of the molecule is COc1cc(/C=C/C(=O)N[C@@H](C)c2ccc(Cl)cc2)cc(OC)c1. The minimum Gasteiger partial charge on any atom is -0.497 e. The Morgan fingerprint density at radius 3 is 2.21 bits per heavy atom. The Morgan fingerprint density at radius 2 is 1.67 bits per heavy atom. The van der Waals surface area contributed by atoms with Crippen LogP contribution >= 0.6 is 11.6 Å². The maximum Gasteiger partial charge on any atom is 0.244 e. The highest BCUT2D eigenvalue weighted by Gasteiger charge is 2.07. The van der Waals surface area contributed by atoms with Crippen molar-refractivity contribution in [3.05, 3.63) is 64.7 Å². The van der Waals surface area contributed by atoms with Gasteiger partial charge in [0.25, 0.3) is 0 Å². The number of hydrogen-bond acceptors (Lipinski definition) is 3. The molecule has 1 atom stereocenters. The third-order valence-corrected chi connectivity index (χ3v) is 3.78. The summed E-state index contributed by atoms with van der Waals surface area (Å²) in [6, 6.07) is 12.7. The molecular weight excluding hydrogens is 326 g/mol. The van der Waals surface area contributed by atoms with E-state index in [0.29, 0.717) is 16.5 Å². The standard InChI is InChI=1S/C19H20ClNO3/c1-13(15-5-7-16(20)8-6-15)21-19(22)9-4-14-10-17(23-2)12-18(11-14)24-3/h4-13H,1-3H3,(H,21,22)/b9-4+/t13-/m0/s1. The Balaban J connectivity index is 2.03. The van der Waals surface area contributed by atoms with E-state index >= 15 is 0 Å². The molecule has 0 unspecified atom stereocenters. The Morgan fingerprint density at radius 1 is 1.08 bits per heavy atom. The summed E-state index contributed by atoms with van der Waals surface area (Å²) in [5.74, 6) is 1.16. The fourth-order valence-electron chi connectivity index (χ4n) is 2.19. The number of halogens is 1. The molecule has 1 amide bonds. The normalized spacial score (nSPS) is 12.0. The number of nitrogens with one attached hydrogen (secondary N) is 1. The van der Waals surface area contributed by atoms with Crippen LogP contribution in [0.4, 0.5) is 0 Å². The first-order chi connectivity index (χ1) is 11.5. The lowest BCUT2D eigenvalue weighted by atomic mass is 10.1. The van der Waals surface area contributed by atoms with Gasteiger partial charge >= 0.3 is 0 Å². The molecule has 0 aromatic heterocycles. The molecule has 0 saturated carbocycles. The van der Waals surface area contributed by atoms with Gasteiger partial charge in [0.15, 0.2) is 0 Å². The molecule has 2 aromatic rings. The van der Waals surface area contributed by atoms with Crippen molar-refractivity contribution in [1.29, 1.82) is 0 Å². The van der Waals surface area contributed by atoms with E-state index in [1.54, 1.807) is 38.5 Å². The third kappa shape index (κ3) is 5.03. The average molecular weight is 346 g/mol. The summed E-state index contributed by atoms with van der Waals surface area (Å²) < 4.78 is 10.4. The van der Waals surface area contributed by atoms with Crippen LogP contribution in [0.1, 0.15) is 24.1 Å². The summed E-state index contributed by atoms with van der Waals surface area (Å²) in [6.07, 6.45) is 3.20. The van der Waals surface area contributed by atoms with Crippen LogP contribution in [0, 0.1) is 0 Å². The van der Waals surface area contributed by atoms with Gasteiger partial charge in [-0.2, -0.15) is 0 Å². The lowest BCUT2D eigenvalue weighted by Gasteiger charge is -2.13. The predicted octanol–water partition coefficient (Wildman–Crippen LogP) is 4.25. The van der Waals surface area contributed by atoms with Gasteiger partial charge in [0.1, 0.15) is 11.5 Å². The number of carbonyl (C=O) groups is 1. The fourth-order valence-corrected chi connectivity index (χ4v) is 2.32. The van der Waals surface area contributed by atoms with Crippen LogP contribution in [0.2, 0.25) is 5.02 Å². The quantitative estimate of drug-likeness (QED) is 0.796. The van der Waals surface area contributed by atoms with Crippen molar-refractivity contribution in [1.82, 2.24) is 5.32 Å². The minimum absolute atomic E-state index is 0.112. The summed E-state index contributed by atoms with van der Waals surface area (Å²) in [5.41, 5.74) is 1.81. The highest BCUT2D eigenvalue weighted by atomic mass is 35.5. The molecule has 0 aliphatic heterocycles. The maximum atomic E-state index is 12.1. The number of hydrogen-bond donors (Lipinski definition) is 1. The molecule has 0 bridgehead atoms. The Bertz CT molecular complexity index is 704. The zero-order valence-electron chi connectivity index (χ0n) is 13.9. The van der Waals surface area contributed by atoms with Crippen LogP contribution < -0.4 is 14.8 Å². The van der Waals surface area contributed by atoms with Crippen LogP contribution in [-0.4, -0.2) is 20.1 Å². The van der Waals surface area contributed by atoms with E-state index in [4.69, 9.17) is 21.1 Å². The van der Waals surface area contributed by atoms with Gasteiger partial charge in [-0.15, -0.1) is 0 Å². The van der Waals surface area contributed by atoms with E-state index in [1.807, 2.05) is 31.2 Å². The second-order valence-electron chi connectivity index (χ2n) is 5.26. The Labute approximate surface area is 147 Å². The van der Waals surface area contributed by atoms with Gasteiger partial charge in [-0.05, 0) is 48.4 Å². The van der Waals surface area contributed by atoms with E-state index in [2.05, 4.69) is 5.32 Å². The van der Waals surface area contributed by atoms with Gasteiger partial charge in [0, 0.05) is 17.2 Å². The molecule has 1 N–H and O–H groups in total. The molecule has 24 heavy (non-hydrogen) atoms. The number of carbonyl (C=O) groups excluding carboxylic acids is 1.